The molecule has 76 valence electrons. The first-order valence-corrected chi connectivity index (χ1v) is 5.32. The fourth-order valence-electron chi connectivity index (χ4n) is 1.23. The predicted octanol–water partition coefficient (Wildman–Crippen LogP) is 2.99. The van der Waals surface area contributed by atoms with Crippen LogP contribution in [0.5, 0.6) is 0 Å². The van der Waals surface area contributed by atoms with Crippen molar-refractivity contribution in [2.75, 3.05) is 0 Å². The molecule has 0 saturated carbocycles. The van der Waals surface area contributed by atoms with Gasteiger partial charge in [-0.25, -0.2) is 0 Å². The third-order valence-corrected chi connectivity index (χ3v) is 2.94. The van der Waals surface area contributed by atoms with E-state index in [2.05, 4.69) is 20.9 Å². The molecule has 0 radical (unpaired) electrons. The third-order valence-electron chi connectivity index (χ3n) is 1.99. The number of carbonyl (C=O) groups excluding carboxylic acids is 1. The van der Waals surface area contributed by atoms with Crippen LogP contribution in [0, 0.1) is 0 Å². The Morgan fingerprint density at radius 2 is 2.07 bits per heavy atom. The normalized spacial score (nSPS) is 12.3. The molecular weight excluding hydrogens is 258 g/mol. The van der Waals surface area contributed by atoms with E-state index in [0.29, 0.717) is 5.76 Å². The van der Waals surface area contributed by atoms with Crippen molar-refractivity contribution in [2.45, 2.75) is 4.83 Å². The monoisotopic (exact) mass is 265 g/mol. The lowest BCUT2D eigenvalue weighted by atomic mass is 10.1. The Morgan fingerprint density at radius 3 is 2.67 bits per heavy atom. The van der Waals surface area contributed by atoms with Gasteiger partial charge in [0, 0.05) is 12.4 Å². The van der Waals surface area contributed by atoms with Gasteiger partial charge in [-0.05, 0) is 29.8 Å². The molecule has 0 saturated heterocycles. The Labute approximate surface area is 95.3 Å². The third kappa shape index (κ3) is 2.15. The molecule has 0 aliphatic rings. The first-order valence-electron chi connectivity index (χ1n) is 4.41. The molecule has 15 heavy (non-hydrogen) atoms. The highest BCUT2D eigenvalue weighted by Gasteiger charge is 2.20. The lowest BCUT2D eigenvalue weighted by Crippen LogP contribution is -2.05. The topological polar surface area (TPSA) is 43.1 Å². The second kappa shape index (κ2) is 4.40. The summed E-state index contributed by atoms with van der Waals surface area (Å²) in [5.74, 6) is 0.264. The summed E-state index contributed by atoms with van der Waals surface area (Å²) >= 11 is 3.34. The highest BCUT2D eigenvalue weighted by molar-refractivity contribution is 9.09. The fourth-order valence-corrected chi connectivity index (χ4v) is 1.76. The van der Waals surface area contributed by atoms with Gasteiger partial charge in [0.15, 0.2) is 5.76 Å². The van der Waals surface area contributed by atoms with E-state index in [0.717, 1.165) is 5.56 Å². The number of rotatable bonds is 3. The van der Waals surface area contributed by atoms with Crippen molar-refractivity contribution >= 4 is 21.7 Å². The molecule has 0 N–H and O–H groups in total. The Balaban J connectivity index is 2.23. The summed E-state index contributed by atoms with van der Waals surface area (Å²) < 4.78 is 5.04. The number of nitrogens with zero attached hydrogens (tertiary/aromatic N) is 1. The SMILES string of the molecule is O=C(c1ccco1)C(Br)c1ccncc1. The van der Waals surface area contributed by atoms with Crippen molar-refractivity contribution in [2.24, 2.45) is 0 Å². The Kier molecular flexibility index (Phi) is 2.97. The minimum atomic E-state index is -0.383. The van der Waals surface area contributed by atoms with E-state index in [1.807, 2.05) is 0 Å². The van der Waals surface area contributed by atoms with Crippen LogP contribution in [0.3, 0.4) is 0 Å². The lowest BCUT2D eigenvalue weighted by molar-refractivity contribution is 0.0965. The standard InChI is InChI=1S/C11H8BrNO2/c12-10(8-3-5-13-6-4-8)11(14)9-2-1-7-15-9/h1-7,10H. The van der Waals surface area contributed by atoms with Crippen LogP contribution in [0.4, 0.5) is 0 Å². The molecule has 2 heterocycles. The smallest absolute Gasteiger partial charge is 0.215 e. The largest absolute Gasteiger partial charge is 0.461 e. The van der Waals surface area contributed by atoms with Crippen molar-refractivity contribution in [1.82, 2.24) is 4.98 Å². The molecule has 1 unspecified atom stereocenters. The van der Waals surface area contributed by atoms with Gasteiger partial charge < -0.3 is 4.42 Å². The second-order valence-electron chi connectivity index (χ2n) is 2.98. The lowest BCUT2D eigenvalue weighted by Gasteiger charge is -2.06. The summed E-state index contributed by atoms with van der Waals surface area (Å²) in [5, 5.41) is 0. The number of aromatic nitrogens is 1. The molecule has 0 amide bonds. The number of Topliss-reactive ketones (excluding diaryl/α,β-unsaturated/α-hetero) is 1. The summed E-state index contributed by atoms with van der Waals surface area (Å²) in [4.78, 5) is 15.4. The average molecular weight is 266 g/mol. The highest BCUT2D eigenvalue weighted by Crippen LogP contribution is 2.26. The summed E-state index contributed by atoms with van der Waals surface area (Å²) in [6, 6.07) is 6.93. The first-order chi connectivity index (χ1) is 7.29. The maximum absolute atomic E-state index is 11.8. The van der Waals surface area contributed by atoms with Gasteiger partial charge in [0.25, 0.3) is 0 Å². The zero-order chi connectivity index (χ0) is 10.7. The summed E-state index contributed by atoms with van der Waals surface area (Å²) in [5.41, 5.74) is 0.867. The van der Waals surface area contributed by atoms with Crippen LogP contribution in [0.2, 0.25) is 0 Å². The van der Waals surface area contributed by atoms with E-state index >= 15 is 0 Å². The first kappa shape index (κ1) is 10.1. The van der Waals surface area contributed by atoms with Crippen molar-refractivity contribution in [3.8, 4) is 0 Å². The Bertz CT molecular complexity index is 439. The number of hydrogen-bond donors (Lipinski definition) is 0. The van der Waals surface area contributed by atoms with Crippen LogP contribution in [0.25, 0.3) is 0 Å². The number of furan rings is 1. The van der Waals surface area contributed by atoms with Crippen LogP contribution in [0.1, 0.15) is 20.9 Å². The number of pyridine rings is 1. The Morgan fingerprint density at radius 1 is 1.33 bits per heavy atom. The molecule has 0 fully saturated rings. The van der Waals surface area contributed by atoms with Crippen LogP contribution in [-0.4, -0.2) is 10.8 Å². The number of carbonyl (C=O) groups is 1. The minimum Gasteiger partial charge on any atom is -0.461 e. The molecular formula is C11H8BrNO2. The zero-order valence-corrected chi connectivity index (χ0v) is 9.35. The fraction of sp³-hybridized carbons (Fsp3) is 0.0909. The summed E-state index contributed by atoms with van der Waals surface area (Å²) in [6.07, 6.45) is 4.79. The van der Waals surface area contributed by atoms with Gasteiger partial charge in [-0.3, -0.25) is 9.78 Å². The van der Waals surface area contributed by atoms with Gasteiger partial charge in [-0.15, -0.1) is 0 Å². The maximum Gasteiger partial charge on any atom is 0.215 e. The molecule has 0 aliphatic heterocycles. The molecule has 0 aliphatic carbocycles. The van der Waals surface area contributed by atoms with Crippen LogP contribution in [-0.2, 0) is 0 Å². The molecule has 2 rings (SSSR count). The summed E-state index contributed by atoms with van der Waals surface area (Å²) in [7, 11) is 0. The number of halogens is 1. The van der Waals surface area contributed by atoms with Crippen molar-refractivity contribution in [3.63, 3.8) is 0 Å². The van der Waals surface area contributed by atoms with Crippen molar-refractivity contribution in [3.05, 3.63) is 54.2 Å². The molecule has 3 nitrogen and oxygen atoms in total. The second-order valence-corrected chi connectivity index (χ2v) is 3.90. The van der Waals surface area contributed by atoms with Crippen LogP contribution in [0.15, 0.2) is 47.3 Å². The van der Waals surface area contributed by atoms with Crippen molar-refractivity contribution < 1.29 is 9.21 Å². The molecule has 0 aromatic carbocycles. The van der Waals surface area contributed by atoms with Gasteiger partial charge in [0.2, 0.25) is 5.78 Å². The predicted molar refractivity (Wildman–Crippen MR) is 58.9 cm³/mol. The molecule has 4 heteroatoms. The Hall–Kier alpha value is -1.42. The van der Waals surface area contributed by atoms with E-state index in [1.54, 1.807) is 36.7 Å². The van der Waals surface area contributed by atoms with Gasteiger partial charge in [0.05, 0.1) is 6.26 Å². The quantitative estimate of drug-likeness (QED) is 0.633. The number of alkyl halides is 1. The molecule has 1 atom stereocenters. The van der Waals surface area contributed by atoms with E-state index in [9.17, 15) is 4.79 Å². The van der Waals surface area contributed by atoms with Gasteiger partial charge in [-0.1, -0.05) is 15.9 Å². The molecule has 2 aromatic rings. The van der Waals surface area contributed by atoms with Crippen molar-refractivity contribution in [1.29, 1.82) is 0 Å². The van der Waals surface area contributed by atoms with E-state index in [1.165, 1.54) is 6.26 Å². The van der Waals surface area contributed by atoms with Crippen LogP contribution >= 0.6 is 15.9 Å². The highest BCUT2D eigenvalue weighted by atomic mass is 79.9. The molecule has 2 aromatic heterocycles. The van der Waals surface area contributed by atoms with E-state index in [-0.39, 0.29) is 10.6 Å². The van der Waals surface area contributed by atoms with Gasteiger partial charge >= 0.3 is 0 Å². The van der Waals surface area contributed by atoms with Crippen LogP contribution < -0.4 is 0 Å². The number of hydrogen-bond acceptors (Lipinski definition) is 3. The minimum absolute atomic E-state index is 0.0915. The van der Waals surface area contributed by atoms with Gasteiger partial charge in [-0.2, -0.15) is 0 Å². The summed E-state index contributed by atoms with van der Waals surface area (Å²) in [6.45, 7) is 0. The molecule has 0 bridgehead atoms. The number of ketones is 1. The zero-order valence-electron chi connectivity index (χ0n) is 7.76. The van der Waals surface area contributed by atoms with E-state index < -0.39 is 0 Å². The van der Waals surface area contributed by atoms with E-state index in [4.69, 9.17) is 4.42 Å². The molecule has 0 spiro atoms. The maximum atomic E-state index is 11.8. The van der Waals surface area contributed by atoms with Gasteiger partial charge in [0.1, 0.15) is 4.83 Å². The average Bonchev–Trinajstić information content (AvgIpc) is 2.82.